The van der Waals surface area contributed by atoms with Crippen LogP contribution in [-0.4, -0.2) is 17.7 Å². The molecule has 156 valence electrons. The van der Waals surface area contributed by atoms with Crippen molar-refractivity contribution in [1.29, 1.82) is 0 Å². The van der Waals surface area contributed by atoms with Gasteiger partial charge in [0, 0.05) is 30.1 Å². The van der Waals surface area contributed by atoms with Crippen LogP contribution < -0.4 is 14.8 Å². The standard InChI is InChI=1S/C26H24N2O3/c29-26(28-15-19-10-11-24-25(13-19)31-17-30-24)14-20(12-18-6-2-1-3-7-18)22-16-27-23-9-5-4-8-21(22)23/h1-11,13,16,20,27H,12,14-15,17H2,(H,28,29). The van der Waals surface area contributed by atoms with Crippen molar-refractivity contribution in [2.45, 2.75) is 25.3 Å². The van der Waals surface area contributed by atoms with Crippen LogP contribution in [-0.2, 0) is 17.8 Å². The number of fused-ring (bicyclic) bond motifs is 2. The van der Waals surface area contributed by atoms with Gasteiger partial charge in [-0.1, -0.05) is 54.6 Å². The van der Waals surface area contributed by atoms with Crippen molar-refractivity contribution in [3.63, 3.8) is 0 Å². The van der Waals surface area contributed by atoms with Crippen molar-refractivity contribution in [2.75, 3.05) is 6.79 Å². The summed E-state index contributed by atoms with van der Waals surface area (Å²) >= 11 is 0. The predicted molar refractivity (Wildman–Crippen MR) is 120 cm³/mol. The molecule has 1 aromatic heterocycles. The minimum atomic E-state index is 0.0314. The molecule has 0 saturated heterocycles. The van der Waals surface area contributed by atoms with Gasteiger partial charge < -0.3 is 19.8 Å². The number of hydrogen-bond donors (Lipinski definition) is 2. The van der Waals surface area contributed by atoms with Crippen LogP contribution in [0, 0.1) is 0 Å². The third-order valence-electron chi connectivity index (χ3n) is 5.74. The van der Waals surface area contributed by atoms with Crippen LogP contribution in [0.5, 0.6) is 11.5 Å². The molecule has 4 aromatic rings. The molecule has 0 saturated carbocycles. The summed E-state index contributed by atoms with van der Waals surface area (Å²) < 4.78 is 10.8. The summed E-state index contributed by atoms with van der Waals surface area (Å²) in [5.74, 6) is 1.59. The van der Waals surface area contributed by atoms with Crippen molar-refractivity contribution in [2.24, 2.45) is 0 Å². The van der Waals surface area contributed by atoms with Gasteiger partial charge in [-0.05, 0) is 47.2 Å². The smallest absolute Gasteiger partial charge is 0.231 e. The molecule has 0 fully saturated rings. The number of H-pyrrole nitrogens is 1. The van der Waals surface area contributed by atoms with Gasteiger partial charge in [-0.25, -0.2) is 0 Å². The van der Waals surface area contributed by atoms with Crippen LogP contribution in [0.25, 0.3) is 10.9 Å². The number of benzene rings is 3. The van der Waals surface area contributed by atoms with Crippen molar-refractivity contribution < 1.29 is 14.3 Å². The molecule has 1 aliphatic rings. The number of rotatable bonds is 7. The van der Waals surface area contributed by atoms with Gasteiger partial charge in [0.15, 0.2) is 11.5 Å². The second-order valence-electron chi connectivity index (χ2n) is 7.84. The fourth-order valence-electron chi connectivity index (χ4n) is 4.17. The highest BCUT2D eigenvalue weighted by molar-refractivity contribution is 5.85. The van der Waals surface area contributed by atoms with E-state index in [0.717, 1.165) is 29.0 Å². The number of hydrogen-bond acceptors (Lipinski definition) is 3. The molecule has 2 heterocycles. The fraction of sp³-hybridized carbons (Fsp3) is 0.192. The van der Waals surface area contributed by atoms with Crippen LogP contribution in [0.1, 0.15) is 29.0 Å². The predicted octanol–water partition coefficient (Wildman–Crippen LogP) is 4.93. The van der Waals surface area contributed by atoms with E-state index < -0.39 is 0 Å². The maximum Gasteiger partial charge on any atom is 0.231 e. The Hall–Kier alpha value is -3.73. The Morgan fingerprint density at radius 3 is 2.65 bits per heavy atom. The van der Waals surface area contributed by atoms with Gasteiger partial charge >= 0.3 is 0 Å². The summed E-state index contributed by atoms with van der Waals surface area (Å²) in [4.78, 5) is 16.3. The highest BCUT2D eigenvalue weighted by atomic mass is 16.7. The van der Waals surface area contributed by atoms with E-state index in [1.165, 1.54) is 16.5 Å². The number of amides is 1. The monoisotopic (exact) mass is 412 g/mol. The van der Waals surface area contributed by atoms with E-state index in [1.807, 2.05) is 54.7 Å². The van der Waals surface area contributed by atoms with E-state index in [4.69, 9.17) is 9.47 Å². The van der Waals surface area contributed by atoms with Gasteiger partial charge in [-0.15, -0.1) is 0 Å². The number of carbonyl (C=O) groups is 1. The third kappa shape index (κ3) is 4.26. The first kappa shape index (κ1) is 19.2. The Bertz CT molecular complexity index is 1200. The lowest BCUT2D eigenvalue weighted by Gasteiger charge is -2.17. The van der Waals surface area contributed by atoms with Gasteiger partial charge in [-0.2, -0.15) is 0 Å². The van der Waals surface area contributed by atoms with Gasteiger partial charge in [0.1, 0.15) is 0 Å². The van der Waals surface area contributed by atoms with Crippen LogP contribution >= 0.6 is 0 Å². The number of ether oxygens (including phenoxy) is 2. The molecule has 0 radical (unpaired) electrons. The number of aromatic nitrogens is 1. The van der Waals surface area contributed by atoms with Crippen LogP contribution in [0.2, 0.25) is 0 Å². The molecule has 31 heavy (non-hydrogen) atoms. The SMILES string of the molecule is O=C(CC(Cc1ccccc1)c1c[nH]c2ccccc12)NCc1ccc2c(c1)OCO2. The van der Waals surface area contributed by atoms with Crippen molar-refractivity contribution in [1.82, 2.24) is 10.3 Å². The first-order chi connectivity index (χ1) is 15.3. The largest absolute Gasteiger partial charge is 0.454 e. The van der Waals surface area contributed by atoms with Gasteiger partial charge in [0.05, 0.1) is 0 Å². The number of nitrogens with one attached hydrogen (secondary N) is 2. The molecule has 1 amide bonds. The van der Waals surface area contributed by atoms with Gasteiger partial charge in [0.2, 0.25) is 12.7 Å². The van der Waals surface area contributed by atoms with Crippen LogP contribution in [0.4, 0.5) is 0 Å². The second kappa shape index (κ2) is 8.56. The molecule has 0 aliphatic carbocycles. The minimum Gasteiger partial charge on any atom is -0.454 e. The number of carbonyl (C=O) groups excluding carboxylic acids is 1. The van der Waals surface area contributed by atoms with E-state index in [9.17, 15) is 4.79 Å². The van der Waals surface area contributed by atoms with E-state index in [0.29, 0.717) is 13.0 Å². The Kier molecular flexibility index (Phi) is 5.31. The first-order valence-corrected chi connectivity index (χ1v) is 10.5. The lowest BCUT2D eigenvalue weighted by molar-refractivity contribution is -0.121. The van der Waals surface area contributed by atoms with Crippen molar-refractivity contribution in [3.05, 3.63) is 95.7 Å². The fourth-order valence-corrected chi connectivity index (χ4v) is 4.17. The molecule has 5 nitrogen and oxygen atoms in total. The summed E-state index contributed by atoms with van der Waals surface area (Å²) in [6.07, 6.45) is 3.27. The van der Waals surface area contributed by atoms with Crippen molar-refractivity contribution >= 4 is 16.8 Å². The molecule has 5 heteroatoms. The Morgan fingerprint density at radius 1 is 0.935 bits per heavy atom. The molecular formula is C26H24N2O3. The Labute approximate surface area is 181 Å². The first-order valence-electron chi connectivity index (χ1n) is 10.5. The van der Waals surface area contributed by atoms with Crippen molar-refractivity contribution in [3.8, 4) is 11.5 Å². The highest BCUT2D eigenvalue weighted by Crippen LogP contribution is 2.33. The summed E-state index contributed by atoms with van der Waals surface area (Å²) in [5, 5.41) is 4.24. The third-order valence-corrected chi connectivity index (χ3v) is 5.74. The zero-order valence-corrected chi connectivity index (χ0v) is 17.1. The van der Waals surface area contributed by atoms with Crippen LogP contribution in [0.3, 0.4) is 0 Å². The maximum absolute atomic E-state index is 12.9. The normalized spacial score (nSPS) is 13.3. The highest BCUT2D eigenvalue weighted by Gasteiger charge is 2.20. The average Bonchev–Trinajstić information content (AvgIpc) is 3.44. The number of aromatic amines is 1. The zero-order valence-electron chi connectivity index (χ0n) is 17.1. The lowest BCUT2D eigenvalue weighted by atomic mass is 9.88. The number of para-hydroxylation sites is 1. The second-order valence-corrected chi connectivity index (χ2v) is 7.84. The topological polar surface area (TPSA) is 63.4 Å². The summed E-state index contributed by atoms with van der Waals surface area (Å²) in [6.45, 7) is 0.707. The molecule has 1 aliphatic heterocycles. The minimum absolute atomic E-state index is 0.0314. The summed E-state index contributed by atoms with van der Waals surface area (Å²) in [7, 11) is 0. The molecule has 1 atom stereocenters. The summed E-state index contributed by atoms with van der Waals surface area (Å²) in [6, 6.07) is 24.3. The maximum atomic E-state index is 12.9. The van der Waals surface area contributed by atoms with E-state index in [1.54, 1.807) is 0 Å². The molecule has 5 rings (SSSR count). The molecule has 0 spiro atoms. The molecule has 3 aromatic carbocycles. The Morgan fingerprint density at radius 2 is 1.74 bits per heavy atom. The lowest BCUT2D eigenvalue weighted by Crippen LogP contribution is -2.25. The van der Waals surface area contributed by atoms with Gasteiger partial charge in [-0.3, -0.25) is 4.79 Å². The Balaban J connectivity index is 1.32. The van der Waals surface area contributed by atoms with E-state index in [2.05, 4.69) is 34.6 Å². The van der Waals surface area contributed by atoms with E-state index >= 15 is 0 Å². The van der Waals surface area contributed by atoms with Crippen LogP contribution in [0.15, 0.2) is 79.0 Å². The molecule has 1 unspecified atom stereocenters. The quantitative estimate of drug-likeness (QED) is 0.452. The molecule has 2 N–H and O–H groups in total. The molecule has 0 bridgehead atoms. The van der Waals surface area contributed by atoms with Gasteiger partial charge in [0.25, 0.3) is 0 Å². The average molecular weight is 412 g/mol. The zero-order chi connectivity index (χ0) is 21.0. The van der Waals surface area contributed by atoms with E-state index in [-0.39, 0.29) is 18.6 Å². The summed E-state index contributed by atoms with van der Waals surface area (Å²) in [5.41, 5.74) is 4.49. The molecular weight excluding hydrogens is 388 g/mol.